The summed E-state index contributed by atoms with van der Waals surface area (Å²) < 4.78 is 33.3. The molecular weight excluding hydrogens is 264 g/mol. The van der Waals surface area contributed by atoms with Gasteiger partial charge in [-0.2, -0.15) is 0 Å². The zero-order valence-electron chi connectivity index (χ0n) is 11.0. The van der Waals surface area contributed by atoms with Crippen LogP contribution in [0.25, 0.3) is 0 Å². The van der Waals surface area contributed by atoms with Gasteiger partial charge in [0.2, 0.25) is 10.0 Å². The minimum atomic E-state index is -3.48. The third-order valence-electron chi connectivity index (χ3n) is 3.75. The fraction of sp³-hybridized carbons (Fsp3) is 0.538. The second kappa shape index (κ2) is 4.47. The summed E-state index contributed by atoms with van der Waals surface area (Å²) in [5.41, 5.74) is 0. The van der Waals surface area contributed by atoms with Crippen molar-refractivity contribution in [3.05, 3.63) is 24.3 Å². The quantitative estimate of drug-likeness (QED) is 0.828. The number of fused-ring (bicyclic) bond motifs is 2. The largest absolute Gasteiger partial charge is 0.486 e. The lowest BCUT2D eigenvalue weighted by Crippen LogP contribution is -2.42. The molecule has 0 saturated carbocycles. The summed E-state index contributed by atoms with van der Waals surface area (Å²) in [4.78, 5) is 2.46. The highest BCUT2D eigenvalue weighted by molar-refractivity contribution is 7.89. The Balaban J connectivity index is 1.97. The maximum atomic E-state index is 12.3. The van der Waals surface area contributed by atoms with E-state index in [1.165, 1.54) is 0 Å². The minimum Gasteiger partial charge on any atom is -0.486 e. The standard InChI is InChI=1S/C13H18N2O3S/c1-9(2)15-7-10-12(8-15)18-11-5-3-4-6-13(11)19(16,17)14-10/h3-6,9-10,12,14H,7-8H2,1-2H3. The molecule has 0 amide bonds. The second-order valence-corrected chi connectivity index (χ2v) is 7.06. The van der Waals surface area contributed by atoms with Crippen molar-refractivity contribution in [1.82, 2.24) is 9.62 Å². The first-order valence-electron chi connectivity index (χ1n) is 6.49. The zero-order chi connectivity index (χ0) is 13.6. The van der Waals surface area contributed by atoms with Crippen LogP contribution in [0.2, 0.25) is 0 Å². The van der Waals surface area contributed by atoms with Crippen molar-refractivity contribution in [3.63, 3.8) is 0 Å². The van der Waals surface area contributed by atoms with Crippen molar-refractivity contribution in [3.8, 4) is 5.75 Å². The van der Waals surface area contributed by atoms with Gasteiger partial charge >= 0.3 is 0 Å². The highest BCUT2D eigenvalue weighted by atomic mass is 32.2. The van der Waals surface area contributed by atoms with Gasteiger partial charge in [0, 0.05) is 19.1 Å². The number of ether oxygens (including phenoxy) is 1. The van der Waals surface area contributed by atoms with Crippen LogP contribution < -0.4 is 9.46 Å². The van der Waals surface area contributed by atoms with Crippen LogP contribution in [0.5, 0.6) is 5.75 Å². The SMILES string of the molecule is CC(C)N1CC2NS(=O)(=O)c3ccccc3OC2C1. The number of benzene rings is 1. The van der Waals surface area contributed by atoms with Crippen LogP contribution in [0.3, 0.4) is 0 Å². The van der Waals surface area contributed by atoms with Crippen molar-refractivity contribution < 1.29 is 13.2 Å². The molecule has 2 unspecified atom stereocenters. The summed E-state index contributed by atoms with van der Waals surface area (Å²) in [6.07, 6.45) is -0.124. The molecule has 1 fully saturated rings. The first-order chi connectivity index (χ1) is 8.97. The summed E-state index contributed by atoms with van der Waals surface area (Å²) in [5.74, 6) is 0.452. The second-order valence-electron chi connectivity index (χ2n) is 5.38. The van der Waals surface area contributed by atoms with Crippen LogP contribution in [0.15, 0.2) is 29.2 Å². The van der Waals surface area contributed by atoms with Gasteiger partial charge in [-0.25, -0.2) is 13.1 Å². The molecule has 0 spiro atoms. The summed E-state index contributed by atoms with van der Waals surface area (Å²) >= 11 is 0. The van der Waals surface area contributed by atoms with Crippen LogP contribution in [0.4, 0.5) is 0 Å². The average molecular weight is 282 g/mol. The molecule has 104 valence electrons. The topological polar surface area (TPSA) is 58.6 Å². The van der Waals surface area contributed by atoms with Gasteiger partial charge in [0.15, 0.2) is 0 Å². The number of nitrogens with one attached hydrogen (secondary N) is 1. The first-order valence-corrected chi connectivity index (χ1v) is 7.98. The Morgan fingerprint density at radius 3 is 2.79 bits per heavy atom. The van der Waals surface area contributed by atoms with E-state index in [1.807, 2.05) is 0 Å². The lowest BCUT2D eigenvalue weighted by atomic mass is 10.2. The molecule has 5 nitrogen and oxygen atoms in total. The molecule has 1 N–H and O–H groups in total. The Bertz CT molecular complexity index is 585. The van der Waals surface area contributed by atoms with Crippen molar-refractivity contribution in [2.24, 2.45) is 0 Å². The fourth-order valence-corrected chi connectivity index (χ4v) is 4.04. The molecule has 1 saturated heterocycles. The number of sulfonamides is 1. The Hall–Kier alpha value is -1.11. The molecule has 6 heteroatoms. The van der Waals surface area contributed by atoms with E-state index in [9.17, 15) is 8.42 Å². The van der Waals surface area contributed by atoms with E-state index in [1.54, 1.807) is 24.3 Å². The van der Waals surface area contributed by atoms with Crippen molar-refractivity contribution in [1.29, 1.82) is 0 Å². The molecule has 3 rings (SSSR count). The predicted octanol–water partition coefficient (Wildman–Crippen LogP) is 0.818. The fourth-order valence-electron chi connectivity index (χ4n) is 2.65. The normalized spacial score (nSPS) is 29.4. The third-order valence-corrected chi connectivity index (χ3v) is 5.28. The third kappa shape index (κ3) is 2.24. The van der Waals surface area contributed by atoms with Gasteiger partial charge in [-0.3, -0.25) is 4.90 Å². The summed E-state index contributed by atoms with van der Waals surface area (Å²) in [5, 5.41) is 0. The monoisotopic (exact) mass is 282 g/mol. The van der Waals surface area contributed by atoms with Gasteiger partial charge in [-0.1, -0.05) is 12.1 Å². The van der Waals surface area contributed by atoms with E-state index in [0.717, 1.165) is 6.54 Å². The highest BCUT2D eigenvalue weighted by Crippen LogP contribution is 2.30. The maximum Gasteiger partial charge on any atom is 0.244 e. The van der Waals surface area contributed by atoms with Crippen LogP contribution in [-0.2, 0) is 10.0 Å². The summed E-state index contributed by atoms with van der Waals surface area (Å²) in [6.45, 7) is 5.65. The van der Waals surface area contributed by atoms with Gasteiger partial charge in [-0.15, -0.1) is 0 Å². The highest BCUT2D eigenvalue weighted by Gasteiger charge is 2.41. The van der Waals surface area contributed by atoms with E-state index in [-0.39, 0.29) is 17.0 Å². The van der Waals surface area contributed by atoms with Gasteiger partial charge in [0.25, 0.3) is 0 Å². The van der Waals surface area contributed by atoms with E-state index in [2.05, 4.69) is 23.5 Å². The Morgan fingerprint density at radius 2 is 2.05 bits per heavy atom. The smallest absolute Gasteiger partial charge is 0.244 e. The Labute approximate surface area is 113 Å². The molecule has 2 aliphatic heterocycles. The Kier molecular flexibility index (Phi) is 3.03. The van der Waals surface area contributed by atoms with Crippen LogP contribution in [0.1, 0.15) is 13.8 Å². The number of hydrogen-bond donors (Lipinski definition) is 1. The van der Waals surface area contributed by atoms with E-state index in [4.69, 9.17) is 4.74 Å². The van der Waals surface area contributed by atoms with Gasteiger partial charge in [0.1, 0.15) is 16.7 Å². The van der Waals surface area contributed by atoms with E-state index >= 15 is 0 Å². The van der Waals surface area contributed by atoms with E-state index in [0.29, 0.717) is 18.3 Å². The van der Waals surface area contributed by atoms with Crippen LogP contribution in [-0.4, -0.2) is 44.6 Å². The predicted molar refractivity (Wildman–Crippen MR) is 71.7 cm³/mol. The number of para-hydroxylation sites is 1. The first kappa shape index (κ1) is 12.9. The lowest BCUT2D eigenvalue weighted by molar-refractivity contribution is 0.177. The molecule has 0 radical (unpaired) electrons. The van der Waals surface area contributed by atoms with Gasteiger partial charge < -0.3 is 4.74 Å². The minimum absolute atomic E-state index is 0.124. The Morgan fingerprint density at radius 1 is 1.32 bits per heavy atom. The molecule has 2 atom stereocenters. The van der Waals surface area contributed by atoms with Crippen LogP contribution in [0, 0.1) is 0 Å². The maximum absolute atomic E-state index is 12.3. The van der Waals surface area contributed by atoms with Gasteiger partial charge in [-0.05, 0) is 26.0 Å². The molecule has 19 heavy (non-hydrogen) atoms. The molecule has 2 heterocycles. The average Bonchev–Trinajstić information content (AvgIpc) is 2.68. The summed E-state index contributed by atoms with van der Waals surface area (Å²) in [6, 6.07) is 7.01. The zero-order valence-corrected chi connectivity index (χ0v) is 11.9. The van der Waals surface area contributed by atoms with Crippen molar-refractivity contribution in [2.45, 2.75) is 36.9 Å². The molecule has 1 aromatic rings. The number of likely N-dealkylation sites (tertiary alicyclic amines) is 1. The number of rotatable bonds is 1. The lowest BCUT2D eigenvalue weighted by Gasteiger charge is -2.20. The molecular formula is C13H18N2O3S. The molecule has 2 aliphatic rings. The number of hydrogen-bond acceptors (Lipinski definition) is 4. The number of nitrogens with zero attached hydrogens (tertiary/aromatic N) is 1. The van der Waals surface area contributed by atoms with Gasteiger partial charge in [0.05, 0.1) is 6.04 Å². The van der Waals surface area contributed by atoms with Crippen molar-refractivity contribution in [2.75, 3.05) is 13.1 Å². The van der Waals surface area contributed by atoms with Crippen LogP contribution >= 0.6 is 0 Å². The molecule has 0 bridgehead atoms. The molecule has 0 aromatic heterocycles. The summed E-state index contributed by atoms with van der Waals surface area (Å²) in [7, 11) is -3.48. The molecule has 1 aromatic carbocycles. The van der Waals surface area contributed by atoms with E-state index < -0.39 is 10.0 Å². The van der Waals surface area contributed by atoms with Crippen molar-refractivity contribution >= 4 is 10.0 Å². The molecule has 0 aliphatic carbocycles.